The molecule has 0 aromatic heterocycles. The molecule has 0 bridgehead atoms. The van der Waals surface area contributed by atoms with Crippen molar-refractivity contribution >= 4 is 5.78 Å². The molecule has 0 spiro atoms. The molecule has 1 unspecified atom stereocenters. The average Bonchev–Trinajstić information content (AvgIpc) is 2.48. The van der Waals surface area contributed by atoms with Gasteiger partial charge in [0.1, 0.15) is 5.75 Å². The van der Waals surface area contributed by atoms with E-state index in [9.17, 15) is 4.79 Å². The number of benzene rings is 2. The van der Waals surface area contributed by atoms with Gasteiger partial charge in [-0.3, -0.25) is 4.79 Å². The standard InChI is InChI=1S/C18H18O2/c1-12-3-5-13(6-4-12)16-9-7-14-11-15(20-2)8-10-17(14)18(16)19/h3-6,8,10-11,16H,7,9H2,1-2H3. The van der Waals surface area contributed by atoms with E-state index in [0.717, 1.165) is 35.3 Å². The maximum atomic E-state index is 12.7. The summed E-state index contributed by atoms with van der Waals surface area (Å²) in [7, 11) is 1.65. The summed E-state index contributed by atoms with van der Waals surface area (Å²) in [6.07, 6.45) is 1.80. The van der Waals surface area contributed by atoms with Gasteiger partial charge in [0.25, 0.3) is 0 Å². The fraction of sp³-hybridized carbons (Fsp3) is 0.278. The molecule has 0 saturated carbocycles. The first-order chi connectivity index (χ1) is 9.69. The molecule has 20 heavy (non-hydrogen) atoms. The number of ether oxygens (including phenoxy) is 1. The fourth-order valence-corrected chi connectivity index (χ4v) is 2.88. The number of Topliss-reactive ketones (excluding diaryl/α,β-unsaturated/α-hetero) is 1. The average molecular weight is 266 g/mol. The summed E-state index contributed by atoms with van der Waals surface area (Å²) in [4.78, 5) is 12.7. The third kappa shape index (κ3) is 2.22. The van der Waals surface area contributed by atoms with Gasteiger partial charge in [-0.05, 0) is 49.1 Å². The maximum absolute atomic E-state index is 12.7. The summed E-state index contributed by atoms with van der Waals surface area (Å²) in [6.45, 7) is 2.06. The first-order valence-electron chi connectivity index (χ1n) is 6.97. The number of hydrogen-bond acceptors (Lipinski definition) is 2. The Morgan fingerprint density at radius 2 is 1.85 bits per heavy atom. The van der Waals surface area contributed by atoms with Crippen molar-refractivity contribution < 1.29 is 9.53 Å². The molecule has 0 fully saturated rings. The summed E-state index contributed by atoms with van der Waals surface area (Å²) < 4.78 is 5.23. The molecule has 0 aliphatic heterocycles. The highest BCUT2D eigenvalue weighted by Gasteiger charge is 2.28. The number of aryl methyl sites for hydroxylation is 2. The van der Waals surface area contributed by atoms with Gasteiger partial charge in [-0.2, -0.15) is 0 Å². The minimum absolute atomic E-state index is 0.00325. The van der Waals surface area contributed by atoms with Crippen LogP contribution in [0.25, 0.3) is 0 Å². The van der Waals surface area contributed by atoms with Crippen LogP contribution in [0.5, 0.6) is 5.75 Å². The van der Waals surface area contributed by atoms with Gasteiger partial charge in [-0.15, -0.1) is 0 Å². The zero-order valence-electron chi connectivity index (χ0n) is 11.8. The lowest BCUT2D eigenvalue weighted by atomic mass is 9.79. The summed E-state index contributed by atoms with van der Waals surface area (Å²) in [5.41, 5.74) is 4.31. The van der Waals surface area contributed by atoms with E-state index in [-0.39, 0.29) is 11.7 Å². The highest BCUT2D eigenvalue weighted by Crippen LogP contribution is 2.34. The molecular weight excluding hydrogens is 248 g/mol. The van der Waals surface area contributed by atoms with Gasteiger partial charge in [0, 0.05) is 11.5 Å². The Morgan fingerprint density at radius 3 is 2.55 bits per heavy atom. The number of hydrogen-bond donors (Lipinski definition) is 0. The first kappa shape index (κ1) is 12.9. The van der Waals surface area contributed by atoms with E-state index in [0.29, 0.717) is 0 Å². The Labute approximate surface area is 119 Å². The van der Waals surface area contributed by atoms with Crippen LogP contribution in [0.4, 0.5) is 0 Å². The number of carbonyl (C=O) groups excluding carboxylic acids is 1. The Kier molecular flexibility index (Phi) is 3.31. The Morgan fingerprint density at radius 1 is 1.10 bits per heavy atom. The normalized spacial score (nSPS) is 17.7. The molecule has 0 N–H and O–H groups in total. The van der Waals surface area contributed by atoms with Gasteiger partial charge in [0.2, 0.25) is 0 Å². The summed E-state index contributed by atoms with van der Waals surface area (Å²) in [5, 5.41) is 0. The SMILES string of the molecule is COc1ccc2c(c1)CCC(c1ccc(C)cc1)C2=O. The third-order valence-electron chi connectivity index (χ3n) is 4.08. The Balaban J connectivity index is 1.94. The Bertz CT molecular complexity index is 641. The van der Waals surface area contributed by atoms with E-state index in [4.69, 9.17) is 4.74 Å². The number of fused-ring (bicyclic) bond motifs is 1. The number of methoxy groups -OCH3 is 1. The van der Waals surface area contributed by atoms with Gasteiger partial charge < -0.3 is 4.74 Å². The smallest absolute Gasteiger partial charge is 0.170 e. The second-order valence-corrected chi connectivity index (χ2v) is 5.39. The van der Waals surface area contributed by atoms with Crippen LogP contribution in [0.1, 0.15) is 39.4 Å². The van der Waals surface area contributed by atoms with E-state index in [1.54, 1.807) is 7.11 Å². The topological polar surface area (TPSA) is 26.3 Å². The summed E-state index contributed by atoms with van der Waals surface area (Å²) in [5.74, 6) is 1.06. The minimum Gasteiger partial charge on any atom is -0.497 e. The van der Waals surface area contributed by atoms with Crippen LogP contribution in [-0.4, -0.2) is 12.9 Å². The molecule has 2 aromatic carbocycles. The van der Waals surface area contributed by atoms with E-state index in [1.807, 2.05) is 18.2 Å². The third-order valence-corrected chi connectivity index (χ3v) is 4.08. The van der Waals surface area contributed by atoms with Crippen molar-refractivity contribution in [3.05, 3.63) is 64.7 Å². The van der Waals surface area contributed by atoms with E-state index >= 15 is 0 Å². The summed E-state index contributed by atoms with van der Waals surface area (Å²) >= 11 is 0. The number of ketones is 1. The zero-order valence-corrected chi connectivity index (χ0v) is 11.8. The largest absolute Gasteiger partial charge is 0.497 e. The van der Waals surface area contributed by atoms with Crippen molar-refractivity contribution in [1.82, 2.24) is 0 Å². The lowest BCUT2D eigenvalue weighted by Crippen LogP contribution is -2.21. The number of rotatable bonds is 2. The van der Waals surface area contributed by atoms with Crippen LogP contribution < -0.4 is 4.74 Å². The quantitative estimate of drug-likeness (QED) is 0.823. The van der Waals surface area contributed by atoms with Crippen LogP contribution in [0.15, 0.2) is 42.5 Å². The molecule has 0 amide bonds. The predicted octanol–water partition coefficient (Wildman–Crippen LogP) is 3.92. The number of carbonyl (C=O) groups is 1. The molecule has 1 aliphatic carbocycles. The lowest BCUT2D eigenvalue weighted by molar-refractivity contribution is 0.0946. The van der Waals surface area contributed by atoms with Gasteiger partial charge >= 0.3 is 0 Å². The van der Waals surface area contributed by atoms with Crippen molar-refractivity contribution in [2.45, 2.75) is 25.7 Å². The van der Waals surface area contributed by atoms with Gasteiger partial charge in [0.05, 0.1) is 7.11 Å². The van der Waals surface area contributed by atoms with Crippen molar-refractivity contribution in [3.8, 4) is 5.75 Å². The van der Waals surface area contributed by atoms with Gasteiger partial charge in [0.15, 0.2) is 5.78 Å². The molecule has 1 atom stereocenters. The monoisotopic (exact) mass is 266 g/mol. The predicted molar refractivity (Wildman–Crippen MR) is 79.6 cm³/mol. The van der Waals surface area contributed by atoms with Gasteiger partial charge in [-0.25, -0.2) is 0 Å². The van der Waals surface area contributed by atoms with Crippen LogP contribution in [0.2, 0.25) is 0 Å². The first-order valence-corrected chi connectivity index (χ1v) is 6.97. The van der Waals surface area contributed by atoms with Crippen LogP contribution >= 0.6 is 0 Å². The second-order valence-electron chi connectivity index (χ2n) is 5.39. The highest BCUT2D eigenvalue weighted by molar-refractivity contribution is 6.03. The molecule has 3 rings (SSSR count). The highest BCUT2D eigenvalue weighted by atomic mass is 16.5. The Hall–Kier alpha value is -2.09. The van der Waals surface area contributed by atoms with Crippen LogP contribution in [-0.2, 0) is 6.42 Å². The minimum atomic E-state index is -0.00325. The van der Waals surface area contributed by atoms with Crippen LogP contribution in [0.3, 0.4) is 0 Å². The van der Waals surface area contributed by atoms with Crippen molar-refractivity contribution in [2.75, 3.05) is 7.11 Å². The molecule has 0 saturated heterocycles. The van der Waals surface area contributed by atoms with Crippen molar-refractivity contribution in [2.24, 2.45) is 0 Å². The lowest BCUT2D eigenvalue weighted by Gasteiger charge is -2.24. The van der Waals surface area contributed by atoms with Crippen LogP contribution in [0, 0.1) is 6.92 Å². The molecule has 0 radical (unpaired) electrons. The maximum Gasteiger partial charge on any atom is 0.170 e. The molecular formula is C18H18O2. The molecule has 102 valence electrons. The second kappa shape index (κ2) is 5.12. The molecule has 2 heteroatoms. The van der Waals surface area contributed by atoms with E-state index in [1.165, 1.54) is 5.56 Å². The molecule has 2 aromatic rings. The van der Waals surface area contributed by atoms with E-state index < -0.39 is 0 Å². The molecule has 0 heterocycles. The summed E-state index contributed by atoms with van der Waals surface area (Å²) in [6, 6.07) is 14.1. The fourth-order valence-electron chi connectivity index (χ4n) is 2.88. The van der Waals surface area contributed by atoms with E-state index in [2.05, 4.69) is 31.2 Å². The molecule has 1 aliphatic rings. The zero-order chi connectivity index (χ0) is 14.1. The van der Waals surface area contributed by atoms with Crippen molar-refractivity contribution in [3.63, 3.8) is 0 Å². The van der Waals surface area contributed by atoms with Crippen molar-refractivity contribution in [1.29, 1.82) is 0 Å². The molecule has 2 nitrogen and oxygen atoms in total. The van der Waals surface area contributed by atoms with Gasteiger partial charge in [-0.1, -0.05) is 29.8 Å².